The van der Waals surface area contributed by atoms with Gasteiger partial charge in [-0.15, -0.1) is 5.10 Å². The van der Waals surface area contributed by atoms with Gasteiger partial charge < -0.3 is 5.11 Å². The van der Waals surface area contributed by atoms with Crippen LogP contribution in [0.1, 0.15) is 43.0 Å². The maximum Gasteiger partial charge on any atom is 0.307 e. The molecule has 0 spiro atoms. The molecule has 1 aromatic heterocycles. The van der Waals surface area contributed by atoms with Crippen LogP contribution in [0.25, 0.3) is 5.69 Å². The van der Waals surface area contributed by atoms with Crippen LogP contribution in [0.15, 0.2) is 24.3 Å². The molecule has 0 unspecified atom stereocenters. The van der Waals surface area contributed by atoms with Crippen LogP contribution in [-0.4, -0.2) is 31.3 Å². The van der Waals surface area contributed by atoms with Crippen LogP contribution in [0.2, 0.25) is 0 Å². The molecule has 2 aromatic rings. The molecule has 0 atom stereocenters. The highest BCUT2D eigenvalue weighted by molar-refractivity contribution is 5.70. The number of aromatic nitrogens is 4. The fraction of sp³-hybridized carbons (Fsp3) is 0.429. The number of rotatable bonds is 4. The van der Waals surface area contributed by atoms with Gasteiger partial charge in [-0.25, -0.2) is 0 Å². The summed E-state index contributed by atoms with van der Waals surface area (Å²) < 4.78 is 1.76. The van der Waals surface area contributed by atoms with Crippen molar-refractivity contribution >= 4 is 5.97 Å². The first-order valence-electron chi connectivity index (χ1n) is 6.83. The number of nitrogens with zero attached hydrogens (tertiary/aromatic N) is 4. The van der Waals surface area contributed by atoms with Gasteiger partial charge in [0.25, 0.3) is 0 Å². The molecule has 1 saturated carbocycles. The second-order valence-electron chi connectivity index (χ2n) is 5.17. The van der Waals surface area contributed by atoms with Crippen molar-refractivity contribution in [2.75, 3.05) is 0 Å². The Morgan fingerprint density at radius 3 is 2.60 bits per heavy atom. The van der Waals surface area contributed by atoms with Gasteiger partial charge in [-0.05, 0) is 41.0 Å². The number of hydrogen-bond donors (Lipinski definition) is 1. The van der Waals surface area contributed by atoms with Crippen molar-refractivity contribution in [2.45, 2.75) is 38.0 Å². The summed E-state index contributed by atoms with van der Waals surface area (Å²) in [7, 11) is 0. The second-order valence-corrected chi connectivity index (χ2v) is 5.17. The van der Waals surface area contributed by atoms with Crippen LogP contribution >= 0.6 is 0 Å². The molecule has 1 aromatic carbocycles. The van der Waals surface area contributed by atoms with E-state index in [-0.39, 0.29) is 6.42 Å². The third-order valence-corrected chi connectivity index (χ3v) is 3.75. The number of benzene rings is 1. The molecule has 20 heavy (non-hydrogen) atoms. The van der Waals surface area contributed by atoms with Crippen molar-refractivity contribution in [3.05, 3.63) is 35.7 Å². The van der Waals surface area contributed by atoms with Crippen molar-refractivity contribution < 1.29 is 9.90 Å². The van der Waals surface area contributed by atoms with Gasteiger partial charge in [0.15, 0.2) is 5.82 Å². The highest BCUT2D eigenvalue weighted by Gasteiger charge is 2.23. The second kappa shape index (κ2) is 5.40. The quantitative estimate of drug-likeness (QED) is 0.920. The summed E-state index contributed by atoms with van der Waals surface area (Å²) in [6, 6.07) is 7.35. The number of carboxylic acid groups (broad SMARTS) is 1. The van der Waals surface area contributed by atoms with E-state index in [1.807, 2.05) is 24.3 Å². The largest absolute Gasteiger partial charge is 0.481 e. The predicted molar refractivity (Wildman–Crippen MR) is 71.7 cm³/mol. The lowest BCUT2D eigenvalue weighted by Crippen LogP contribution is -2.07. The van der Waals surface area contributed by atoms with Crippen molar-refractivity contribution in [2.24, 2.45) is 0 Å². The van der Waals surface area contributed by atoms with Gasteiger partial charge in [0.2, 0.25) is 0 Å². The Morgan fingerprint density at radius 1 is 1.25 bits per heavy atom. The molecule has 0 saturated heterocycles. The van der Waals surface area contributed by atoms with Gasteiger partial charge in [0.05, 0.1) is 12.1 Å². The van der Waals surface area contributed by atoms with E-state index in [0.717, 1.165) is 29.9 Å². The molecule has 3 rings (SSSR count). The number of carboxylic acids is 1. The Morgan fingerprint density at radius 2 is 1.95 bits per heavy atom. The lowest BCUT2D eigenvalue weighted by Gasteiger charge is -2.09. The molecule has 0 bridgehead atoms. The molecule has 1 aliphatic rings. The smallest absolute Gasteiger partial charge is 0.307 e. The van der Waals surface area contributed by atoms with Crippen molar-refractivity contribution in [3.63, 3.8) is 0 Å². The maximum atomic E-state index is 10.7. The van der Waals surface area contributed by atoms with E-state index in [1.165, 1.54) is 12.8 Å². The first kappa shape index (κ1) is 12.8. The van der Waals surface area contributed by atoms with Crippen molar-refractivity contribution in [1.82, 2.24) is 20.2 Å². The third-order valence-electron chi connectivity index (χ3n) is 3.75. The minimum atomic E-state index is -0.827. The first-order valence-corrected chi connectivity index (χ1v) is 6.83. The topological polar surface area (TPSA) is 80.9 Å². The van der Waals surface area contributed by atoms with Crippen LogP contribution < -0.4 is 0 Å². The number of aliphatic carboxylic acids is 1. The molecule has 6 nitrogen and oxygen atoms in total. The number of hydrogen-bond acceptors (Lipinski definition) is 4. The Labute approximate surface area is 116 Å². The summed E-state index contributed by atoms with van der Waals surface area (Å²) >= 11 is 0. The molecule has 6 heteroatoms. The van der Waals surface area contributed by atoms with Gasteiger partial charge >= 0.3 is 5.97 Å². The van der Waals surface area contributed by atoms with E-state index in [0.29, 0.717) is 5.92 Å². The first-order chi connectivity index (χ1) is 9.74. The predicted octanol–water partition coefficient (Wildman–Crippen LogP) is 1.95. The van der Waals surface area contributed by atoms with Crippen LogP contribution in [0.5, 0.6) is 0 Å². The van der Waals surface area contributed by atoms with Crippen molar-refractivity contribution in [1.29, 1.82) is 0 Å². The zero-order valence-corrected chi connectivity index (χ0v) is 11.1. The molecular formula is C14H16N4O2. The fourth-order valence-corrected chi connectivity index (χ4v) is 2.75. The highest BCUT2D eigenvalue weighted by atomic mass is 16.4. The SMILES string of the molecule is O=C(O)Cc1ccc(-n2nnnc2C2CCCC2)cc1. The van der Waals surface area contributed by atoms with Gasteiger partial charge in [0.1, 0.15) is 0 Å². The summed E-state index contributed by atoms with van der Waals surface area (Å²) in [6.07, 6.45) is 4.77. The summed E-state index contributed by atoms with van der Waals surface area (Å²) in [4.78, 5) is 10.7. The molecule has 1 N–H and O–H groups in total. The minimum absolute atomic E-state index is 0.0331. The minimum Gasteiger partial charge on any atom is -0.481 e. The Kier molecular flexibility index (Phi) is 3.45. The Balaban J connectivity index is 1.85. The monoisotopic (exact) mass is 272 g/mol. The van der Waals surface area contributed by atoms with E-state index in [2.05, 4.69) is 15.5 Å². The summed E-state index contributed by atoms with van der Waals surface area (Å²) in [6.45, 7) is 0. The fourth-order valence-electron chi connectivity index (χ4n) is 2.75. The molecule has 0 aliphatic heterocycles. The van der Waals surface area contributed by atoms with Crippen LogP contribution in [0.3, 0.4) is 0 Å². The molecular weight excluding hydrogens is 256 g/mol. The van der Waals surface area contributed by atoms with Crippen LogP contribution in [0.4, 0.5) is 0 Å². The maximum absolute atomic E-state index is 10.7. The Hall–Kier alpha value is -2.24. The van der Waals surface area contributed by atoms with Crippen molar-refractivity contribution in [3.8, 4) is 5.69 Å². The normalized spacial score (nSPS) is 15.6. The molecule has 0 radical (unpaired) electrons. The average molecular weight is 272 g/mol. The van der Waals surface area contributed by atoms with Gasteiger partial charge in [0, 0.05) is 5.92 Å². The van der Waals surface area contributed by atoms with Gasteiger partial charge in [-0.1, -0.05) is 25.0 Å². The standard InChI is InChI=1S/C14H16N4O2/c19-13(20)9-10-5-7-12(8-6-10)18-14(15-16-17-18)11-3-1-2-4-11/h5-8,11H,1-4,9H2,(H,19,20). The molecule has 1 aliphatic carbocycles. The summed E-state index contributed by atoms with van der Waals surface area (Å²) in [5, 5.41) is 20.8. The zero-order chi connectivity index (χ0) is 13.9. The van der Waals surface area contributed by atoms with Crippen LogP contribution in [0, 0.1) is 0 Å². The van der Waals surface area contributed by atoms with E-state index < -0.39 is 5.97 Å². The van der Waals surface area contributed by atoms with Gasteiger partial charge in [-0.2, -0.15) is 4.68 Å². The lowest BCUT2D eigenvalue weighted by atomic mass is 10.1. The summed E-state index contributed by atoms with van der Waals surface area (Å²) in [5.41, 5.74) is 1.66. The van der Waals surface area contributed by atoms with E-state index in [1.54, 1.807) is 4.68 Å². The molecule has 0 amide bonds. The zero-order valence-electron chi connectivity index (χ0n) is 11.1. The summed E-state index contributed by atoms with van der Waals surface area (Å²) in [5.74, 6) is 0.518. The lowest BCUT2D eigenvalue weighted by molar-refractivity contribution is -0.136. The highest BCUT2D eigenvalue weighted by Crippen LogP contribution is 2.33. The molecule has 1 fully saturated rings. The van der Waals surface area contributed by atoms with Crippen LogP contribution in [-0.2, 0) is 11.2 Å². The number of tetrazole rings is 1. The molecule has 104 valence electrons. The average Bonchev–Trinajstić information content (AvgIpc) is 3.09. The number of carbonyl (C=O) groups is 1. The third kappa shape index (κ3) is 2.54. The van der Waals surface area contributed by atoms with Gasteiger partial charge in [-0.3, -0.25) is 4.79 Å². The van der Waals surface area contributed by atoms with E-state index >= 15 is 0 Å². The molecule has 1 heterocycles. The van der Waals surface area contributed by atoms with E-state index in [4.69, 9.17) is 5.11 Å². The van der Waals surface area contributed by atoms with E-state index in [9.17, 15) is 4.79 Å². The Bertz CT molecular complexity index is 600.